The third-order valence-electron chi connectivity index (χ3n) is 13.4. The summed E-state index contributed by atoms with van der Waals surface area (Å²) in [5.41, 5.74) is 22.6. The average Bonchev–Trinajstić information content (AvgIpc) is 4.20. The molecule has 73 heavy (non-hydrogen) atoms. The van der Waals surface area contributed by atoms with Crippen LogP contribution in [0.25, 0.3) is 0 Å². The molecule has 0 unspecified atom stereocenters. The molecule has 5 rings (SSSR count). The molecule has 3 saturated heterocycles. The van der Waals surface area contributed by atoms with Crippen LogP contribution in [0.1, 0.15) is 81.8 Å². The molecule has 0 saturated carbocycles. The van der Waals surface area contributed by atoms with Crippen molar-refractivity contribution in [3.05, 3.63) is 71.8 Å². The summed E-state index contributed by atoms with van der Waals surface area (Å²) in [5.74, 6) is -4.81. The summed E-state index contributed by atoms with van der Waals surface area (Å²) in [6.45, 7) is 0.277. The smallest absolute Gasteiger partial charge is 0.338 e. The van der Waals surface area contributed by atoms with E-state index in [1.807, 2.05) is 30.3 Å². The van der Waals surface area contributed by atoms with Crippen LogP contribution < -0.4 is 54.5 Å². The summed E-state index contributed by atoms with van der Waals surface area (Å²) in [5, 5.41) is 23.7. The zero-order valence-corrected chi connectivity index (χ0v) is 41.5. The van der Waals surface area contributed by atoms with Crippen molar-refractivity contribution in [1.82, 2.24) is 41.3 Å². The number of hydrogen-bond donors (Lipinski definition) is 11. The van der Waals surface area contributed by atoms with E-state index in [4.69, 9.17) is 17.2 Å². The summed E-state index contributed by atoms with van der Waals surface area (Å²) in [4.78, 5) is 129. The Balaban J connectivity index is 1.19. The van der Waals surface area contributed by atoms with Crippen LogP contribution in [-0.4, -0.2) is 174 Å². The number of benzene rings is 2. The fourth-order valence-corrected chi connectivity index (χ4v) is 9.56. The lowest BCUT2D eigenvalue weighted by Crippen LogP contribution is -2.78. The second-order valence-corrected chi connectivity index (χ2v) is 18.8. The van der Waals surface area contributed by atoms with Crippen molar-refractivity contribution in [1.29, 1.82) is 0 Å². The quantitative estimate of drug-likeness (QED) is 0.0173. The molecule has 23 heteroatoms. The molecule has 16 N–H and O–H groups in total. The Hall–Kier alpha value is -6.98. The molecule has 3 aliphatic heterocycles. The lowest BCUT2D eigenvalue weighted by Gasteiger charge is -2.33. The van der Waals surface area contributed by atoms with Gasteiger partial charge in [-0.05, 0) is 88.2 Å². The van der Waals surface area contributed by atoms with Gasteiger partial charge in [0.2, 0.25) is 47.3 Å². The van der Waals surface area contributed by atoms with Gasteiger partial charge in [0.1, 0.15) is 42.5 Å². The monoisotopic (exact) mass is 1020 g/mol. The van der Waals surface area contributed by atoms with Gasteiger partial charge in [0.25, 0.3) is 0 Å². The third kappa shape index (κ3) is 16.8. The minimum atomic E-state index is -1.49. The Bertz CT molecular complexity index is 2230. The second kappa shape index (κ2) is 28.9. The Labute approximate surface area is 425 Å². The number of guanidine groups is 1. The van der Waals surface area contributed by atoms with E-state index in [1.54, 1.807) is 30.3 Å². The minimum absolute atomic E-state index is 0.00953. The zero-order chi connectivity index (χ0) is 52.9. The molecule has 8 atom stereocenters. The van der Waals surface area contributed by atoms with Gasteiger partial charge < -0.3 is 62.7 Å². The number of nitrogens with two attached hydrogens (primary N) is 3. The van der Waals surface area contributed by atoms with E-state index in [2.05, 4.69) is 37.3 Å². The molecule has 3 fully saturated rings. The first-order chi connectivity index (χ1) is 35.1. The van der Waals surface area contributed by atoms with Gasteiger partial charge in [-0.1, -0.05) is 60.7 Å². The van der Waals surface area contributed by atoms with E-state index < -0.39 is 109 Å². The molecule has 0 radical (unpaired) electrons. The molecule has 398 valence electrons. The predicted octanol–water partition coefficient (Wildman–Crippen LogP) is -5.43. The van der Waals surface area contributed by atoms with Gasteiger partial charge in [0.05, 0.1) is 38.3 Å². The maximum absolute atomic E-state index is 14.3. The van der Waals surface area contributed by atoms with Crippen LogP contribution in [0.4, 0.5) is 0 Å². The normalized spacial score (nSPS) is 19.4. The van der Waals surface area contributed by atoms with Crippen LogP contribution >= 0.6 is 0 Å². The maximum atomic E-state index is 14.3. The first-order valence-corrected chi connectivity index (χ1v) is 25.4. The molecule has 0 aromatic heterocycles. The number of nitrogens with zero attached hydrogens (tertiary/aromatic N) is 3. The molecule has 3 heterocycles. The Morgan fingerprint density at radius 2 is 1.23 bits per heavy atom. The van der Waals surface area contributed by atoms with E-state index in [0.29, 0.717) is 82.7 Å². The number of carbonyl (C=O) groups is 9. The van der Waals surface area contributed by atoms with Gasteiger partial charge in [-0.15, -0.1) is 0 Å². The van der Waals surface area contributed by atoms with Gasteiger partial charge in [0.15, 0.2) is 0 Å². The van der Waals surface area contributed by atoms with Gasteiger partial charge >= 0.3 is 5.96 Å². The van der Waals surface area contributed by atoms with Gasteiger partial charge in [-0.25, -0.2) is 0 Å². The lowest BCUT2D eigenvalue weighted by atomic mass is 10.0. The van der Waals surface area contributed by atoms with Crippen molar-refractivity contribution in [3.8, 4) is 0 Å². The number of rotatable bonds is 27. The molecule has 0 spiro atoms. The van der Waals surface area contributed by atoms with Crippen LogP contribution in [0.5, 0.6) is 0 Å². The van der Waals surface area contributed by atoms with Crippen LogP contribution in [-0.2, 0) is 56.0 Å². The Morgan fingerprint density at radius 1 is 0.671 bits per heavy atom. The van der Waals surface area contributed by atoms with Gasteiger partial charge in [-0.2, -0.15) is 0 Å². The third-order valence-corrected chi connectivity index (χ3v) is 13.4. The molecule has 2 aromatic carbocycles. The first kappa shape index (κ1) is 56.9. The number of aliphatic hydroxyl groups is 1. The summed E-state index contributed by atoms with van der Waals surface area (Å²) < 4.78 is 0. The molecular weight excluding hydrogens is 943 g/mol. The average molecular weight is 1020 g/mol. The van der Waals surface area contributed by atoms with Crippen LogP contribution in [0.15, 0.2) is 60.7 Å². The number of aldehydes is 1. The summed E-state index contributed by atoms with van der Waals surface area (Å²) in [7, 11) is 0. The predicted molar refractivity (Wildman–Crippen MR) is 266 cm³/mol. The van der Waals surface area contributed by atoms with E-state index in [9.17, 15) is 48.3 Å². The van der Waals surface area contributed by atoms with Crippen molar-refractivity contribution >= 4 is 59.5 Å². The molecule has 3 aliphatic rings. The van der Waals surface area contributed by atoms with Crippen LogP contribution in [0.2, 0.25) is 0 Å². The number of nitrogens with one attached hydrogen (secondary N) is 6. The molecule has 8 amide bonds. The molecule has 0 bridgehead atoms. The van der Waals surface area contributed by atoms with E-state index in [-0.39, 0.29) is 44.9 Å². The van der Waals surface area contributed by atoms with Crippen LogP contribution in [0.3, 0.4) is 0 Å². The number of carbonyl (C=O) groups excluding carboxylic acids is 9. The van der Waals surface area contributed by atoms with Crippen molar-refractivity contribution in [3.63, 3.8) is 0 Å². The number of hydrogen-bond acceptors (Lipinski definition) is 11. The Morgan fingerprint density at radius 3 is 1.84 bits per heavy atom. The highest BCUT2D eigenvalue weighted by Gasteiger charge is 2.44. The van der Waals surface area contributed by atoms with Crippen molar-refractivity contribution < 1.29 is 59.0 Å². The first-order valence-electron chi connectivity index (χ1n) is 25.4. The fraction of sp³-hybridized carbons (Fsp3) is 0.560. The molecule has 2 aromatic rings. The topological polar surface area (TPSA) is 363 Å². The van der Waals surface area contributed by atoms with E-state index in [1.165, 1.54) is 14.7 Å². The van der Waals surface area contributed by atoms with Crippen molar-refractivity contribution in [2.45, 2.75) is 132 Å². The van der Waals surface area contributed by atoms with E-state index >= 15 is 0 Å². The number of quaternary nitrogens is 1. The minimum Gasteiger partial charge on any atom is -0.394 e. The Kier molecular flexibility index (Phi) is 22.5. The number of amides is 8. The van der Waals surface area contributed by atoms with Gasteiger partial charge in [-0.3, -0.25) is 54.8 Å². The van der Waals surface area contributed by atoms with Crippen LogP contribution in [0, 0.1) is 0 Å². The molecular formula is C50H75N13O10+2. The van der Waals surface area contributed by atoms with E-state index in [0.717, 1.165) is 12.0 Å². The summed E-state index contributed by atoms with van der Waals surface area (Å²) in [6, 6.07) is 9.58. The lowest BCUT2D eigenvalue weighted by molar-refractivity contribution is -0.459. The zero-order valence-electron chi connectivity index (χ0n) is 41.5. The standard InChI is InChI=1S/C50H73N13O10/c51-22-8-7-17-35(52)43(67)59-36(18-9-23-55-50(53)54)47(71)63-26-12-21-41(63)49(73)62-25-10-19-39(62)45(69)56-29-42(66)58-37(28-33-15-5-2-6-16-33)44(68)60-38(31-65)48(72)61-24-11-20-40(61)46(70)57-34(30-64)27-32-13-3-1-4-14-32/h1-6,13-16,30,34-41,65H,7-12,17-29,31,51-52H2,(H,56,69)(H,57,70)(H,58,66)(H,59,67)(H,60,68)(H4,53,54,55)/p+2/t34-,35-,36-,37-,38-,39-,40-,41-/m0/s1. The SMILES string of the molecule is NC(N)=[NH+]CCC[C@H](NC(=O)[C@@H](N)CCCC[NH3+])C(=O)N1CCC[C@H]1C(=O)N1CCC[C@H]1C(=O)NCC(=O)N[C@@H](Cc1ccccc1)C(=O)N[C@@H](CO)C(=O)N1CCC[C@H]1C(=O)N[C@H](C=O)Cc1ccccc1. The number of likely N-dealkylation sites (tertiary alicyclic amines) is 3. The van der Waals surface area contributed by atoms with Crippen molar-refractivity contribution in [2.75, 3.05) is 45.9 Å². The number of unbranched alkanes of at least 4 members (excludes halogenated alkanes) is 1. The van der Waals surface area contributed by atoms with Gasteiger partial charge in [0, 0.05) is 26.1 Å². The second-order valence-electron chi connectivity index (χ2n) is 18.8. The summed E-state index contributed by atoms with van der Waals surface area (Å²) in [6.07, 6.45) is 5.74. The highest BCUT2D eigenvalue weighted by Crippen LogP contribution is 2.26. The molecule has 0 aliphatic carbocycles. The maximum Gasteiger partial charge on any atom is 0.338 e. The number of aliphatic hydroxyl groups excluding tert-OH is 1. The highest BCUT2D eigenvalue weighted by atomic mass is 16.3. The fourth-order valence-electron chi connectivity index (χ4n) is 9.56. The highest BCUT2D eigenvalue weighted by molar-refractivity contribution is 5.98. The van der Waals surface area contributed by atoms with Crippen molar-refractivity contribution in [2.24, 2.45) is 17.2 Å². The summed E-state index contributed by atoms with van der Waals surface area (Å²) >= 11 is 0. The molecule has 23 nitrogen and oxygen atoms in total. The largest absolute Gasteiger partial charge is 0.394 e.